The molecule has 2 heterocycles. The Morgan fingerprint density at radius 2 is 2.16 bits per heavy atom. The number of benzene rings is 1. The van der Waals surface area contributed by atoms with Crippen LogP contribution in [0.2, 0.25) is 0 Å². The summed E-state index contributed by atoms with van der Waals surface area (Å²) in [4.78, 5) is 30.6. The molecule has 2 unspecified atom stereocenters. The molecule has 7 nitrogen and oxygen atoms in total. The van der Waals surface area contributed by atoms with Crippen molar-refractivity contribution in [1.82, 2.24) is 15.5 Å². The van der Waals surface area contributed by atoms with Gasteiger partial charge in [-0.25, -0.2) is 9.79 Å². The van der Waals surface area contributed by atoms with Crippen LogP contribution in [0.15, 0.2) is 41.5 Å². The summed E-state index contributed by atoms with van der Waals surface area (Å²) in [6.07, 6.45) is 4.80. The van der Waals surface area contributed by atoms with E-state index in [0.29, 0.717) is 18.7 Å². The van der Waals surface area contributed by atoms with Crippen molar-refractivity contribution in [2.45, 2.75) is 38.3 Å². The first-order valence-corrected chi connectivity index (χ1v) is 8.34. The Morgan fingerprint density at radius 3 is 2.84 bits per heavy atom. The highest BCUT2D eigenvalue weighted by atomic mass is 16.3. The molecule has 0 spiro atoms. The lowest BCUT2D eigenvalue weighted by Gasteiger charge is -2.42. The second-order valence-electron chi connectivity index (χ2n) is 6.51. The van der Waals surface area contributed by atoms with Crippen LogP contribution in [0.3, 0.4) is 0 Å². The largest absolute Gasteiger partial charge is 0.508 e. The van der Waals surface area contributed by atoms with Gasteiger partial charge in [0.25, 0.3) is 0 Å². The summed E-state index contributed by atoms with van der Waals surface area (Å²) in [6, 6.07) is 6.16. The molecule has 0 bridgehead atoms. The Bertz CT molecular complexity index is 741. The Kier molecular flexibility index (Phi) is 4.48. The molecule has 2 atom stereocenters. The number of carbonyl (C=O) groups is 2. The van der Waals surface area contributed by atoms with E-state index in [4.69, 9.17) is 0 Å². The van der Waals surface area contributed by atoms with Gasteiger partial charge in [0.1, 0.15) is 18.1 Å². The molecule has 132 valence electrons. The van der Waals surface area contributed by atoms with Gasteiger partial charge in [0.2, 0.25) is 5.91 Å². The summed E-state index contributed by atoms with van der Waals surface area (Å²) in [5, 5.41) is 15.3. The van der Waals surface area contributed by atoms with E-state index in [9.17, 15) is 14.7 Å². The minimum atomic E-state index is -0.665. The number of aliphatic imine (C=N–C) groups is 1. The molecule has 0 aromatic heterocycles. The zero-order valence-electron chi connectivity index (χ0n) is 14.3. The molecule has 1 saturated heterocycles. The van der Waals surface area contributed by atoms with Gasteiger partial charge >= 0.3 is 6.03 Å². The van der Waals surface area contributed by atoms with Gasteiger partial charge < -0.3 is 15.7 Å². The number of rotatable bonds is 3. The number of carbonyl (C=O) groups excluding carboxylic acids is 2. The van der Waals surface area contributed by atoms with E-state index in [-0.39, 0.29) is 30.3 Å². The summed E-state index contributed by atoms with van der Waals surface area (Å²) in [6.45, 7) is 3.77. The Morgan fingerprint density at radius 1 is 1.44 bits per heavy atom. The van der Waals surface area contributed by atoms with Crippen molar-refractivity contribution >= 4 is 17.8 Å². The van der Waals surface area contributed by atoms with Crippen LogP contribution in [-0.2, 0) is 4.79 Å². The normalized spacial score (nSPS) is 23.4. The molecule has 2 aliphatic heterocycles. The van der Waals surface area contributed by atoms with Crippen molar-refractivity contribution in [2.24, 2.45) is 4.99 Å². The summed E-state index contributed by atoms with van der Waals surface area (Å²) in [7, 11) is 0. The van der Waals surface area contributed by atoms with Crippen molar-refractivity contribution < 1.29 is 14.7 Å². The van der Waals surface area contributed by atoms with Gasteiger partial charge in [-0.3, -0.25) is 9.69 Å². The second-order valence-corrected chi connectivity index (χ2v) is 6.51. The minimum absolute atomic E-state index is 0.0554. The van der Waals surface area contributed by atoms with Crippen LogP contribution in [0, 0.1) is 0 Å². The maximum absolute atomic E-state index is 12.8. The fourth-order valence-corrected chi connectivity index (χ4v) is 3.21. The van der Waals surface area contributed by atoms with Gasteiger partial charge in [0, 0.05) is 6.20 Å². The van der Waals surface area contributed by atoms with Crippen molar-refractivity contribution in [3.05, 3.63) is 42.1 Å². The first kappa shape index (κ1) is 17.0. The highest BCUT2D eigenvalue weighted by Crippen LogP contribution is 2.25. The number of hydrogen-bond donors (Lipinski definition) is 3. The predicted molar refractivity (Wildman–Crippen MR) is 94.1 cm³/mol. The van der Waals surface area contributed by atoms with Gasteiger partial charge in [-0.05, 0) is 37.5 Å². The molecule has 1 aromatic rings. The smallest absolute Gasteiger partial charge is 0.323 e. The van der Waals surface area contributed by atoms with E-state index < -0.39 is 5.54 Å². The number of fused-ring (bicyclic) bond motifs is 1. The van der Waals surface area contributed by atoms with Crippen LogP contribution < -0.4 is 10.6 Å². The van der Waals surface area contributed by atoms with Crippen molar-refractivity contribution in [3.8, 4) is 5.75 Å². The molecule has 3 amide bonds. The van der Waals surface area contributed by atoms with Crippen LogP contribution >= 0.6 is 0 Å². The van der Waals surface area contributed by atoms with Crippen molar-refractivity contribution in [2.75, 3.05) is 6.54 Å². The maximum Gasteiger partial charge on any atom is 0.323 e. The predicted octanol–water partition coefficient (Wildman–Crippen LogP) is 2.06. The molecule has 1 fully saturated rings. The number of amidine groups is 1. The van der Waals surface area contributed by atoms with E-state index >= 15 is 0 Å². The SMILES string of the molecule is CCC(NC(=O)N1CC(=O)NC2(C)CC=CN=C12)c1ccc(O)cc1. The summed E-state index contributed by atoms with van der Waals surface area (Å²) in [5.41, 5.74) is 0.227. The highest BCUT2D eigenvalue weighted by Gasteiger charge is 2.43. The van der Waals surface area contributed by atoms with Gasteiger partial charge in [-0.1, -0.05) is 25.1 Å². The van der Waals surface area contributed by atoms with Crippen LogP contribution in [0.1, 0.15) is 38.3 Å². The molecular weight excluding hydrogens is 320 g/mol. The van der Waals surface area contributed by atoms with E-state index in [1.807, 2.05) is 19.9 Å². The van der Waals surface area contributed by atoms with E-state index in [1.54, 1.807) is 30.5 Å². The molecule has 0 radical (unpaired) electrons. The molecule has 3 N–H and O–H groups in total. The number of aromatic hydroxyl groups is 1. The number of nitrogens with one attached hydrogen (secondary N) is 2. The number of nitrogens with zero attached hydrogens (tertiary/aromatic N) is 2. The van der Waals surface area contributed by atoms with Gasteiger partial charge in [0.05, 0.1) is 11.6 Å². The monoisotopic (exact) mass is 342 g/mol. The Hall–Kier alpha value is -2.83. The molecule has 0 aliphatic carbocycles. The third kappa shape index (κ3) is 3.35. The molecule has 0 saturated carbocycles. The first-order chi connectivity index (χ1) is 11.9. The standard InChI is InChI=1S/C18H22N4O3/c1-3-14(12-5-7-13(23)8-6-12)20-17(25)22-11-15(24)21-18(2)9-4-10-19-16(18)22/h4-8,10,14,23H,3,9,11H2,1-2H3,(H,20,25)(H,21,24). The van der Waals surface area contributed by atoms with Crippen LogP contribution in [0.25, 0.3) is 0 Å². The molecule has 7 heteroatoms. The number of urea groups is 1. The van der Waals surface area contributed by atoms with Crippen LogP contribution in [0.4, 0.5) is 4.79 Å². The third-order valence-electron chi connectivity index (χ3n) is 4.54. The van der Waals surface area contributed by atoms with Crippen molar-refractivity contribution in [1.29, 1.82) is 0 Å². The lowest BCUT2D eigenvalue weighted by atomic mass is 9.91. The third-order valence-corrected chi connectivity index (χ3v) is 4.54. The summed E-state index contributed by atoms with van der Waals surface area (Å²) >= 11 is 0. The average molecular weight is 342 g/mol. The number of phenolic OH excluding ortho intramolecular Hbond substituents is 1. The fraction of sp³-hybridized carbons (Fsp3) is 0.389. The molecule has 3 rings (SSSR count). The summed E-state index contributed by atoms with van der Waals surface area (Å²) < 4.78 is 0. The number of amides is 3. The lowest BCUT2D eigenvalue weighted by Crippen LogP contribution is -2.67. The summed E-state index contributed by atoms with van der Waals surface area (Å²) in [5.74, 6) is 0.522. The lowest BCUT2D eigenvalue weighted by molar-refractivity contribution is -0.123. The Labute approximate surface area is 146 Å². The number of piperazine rings is 1. The van der Waals surface area contributed by atoms with Crippen molar-refractivity contribution in [3.63, 3.8) is 0 Å². The second kappa shape index (κ2) is 6.58. The zero-order valence-corrected chi connectivity index (χ0v) is 14.3. The maximum atomic E-state index is 12.8. The zero-order chi connectivity index (χ0) is 18.0. The van der Waals surface area contributed by atoms with Gasteiger partial charge in [-0.15, -0.1) is 0 Å². The fourth-order valence-electron chi connectivity index (χ4n) is 3.21. The molecule has 2 aliphatic rings. The van der Waals surface area contributed by atoms with E-state index in [0.717, 1.165) is 5.56 Å². The van der Waals surface area contributed by atoms with E-state index in [1.165, 1.54) is 4.90 Å². The van der Waals surface area contributed by atoms with Crippen LogP contribution in [0.5, 0.6) is 5.75 Å². The topological polar surface area (TPSA) is 94.0 Å². The van der Waals surface area contributed by atoms with Gasteiger partial charge in [0.15, 0.2) is 0 Å². The quantitative estimate of drug-likeness (QED) is 0.785. The van der Waals surface area contributed by atoms with E-state index in [2.05, 4.69) is 15.6 Å². The average Bonchev–Trinajstić information content (AvgIpc) is 2.58. The highest BCUT2D eigenvalue weighted by molar-refractivity contribution is 6.09. The molecule has 1 aromatic carbocycles. The Balaban J connectivity index is 1.81. The number of hydrogen-bond acceptors (Lipinski definition) is 4. The minimum Gasteiger partial charge on any atom is -0.508 e. The molecular formula is C18H22N4O3. The van der Waals surface area contributed by atoms with Crippen LogP contribution in [-0.4, -0.2) is 39.9 Å². The van der Waals surface area contributed by atoms with Gasteiger partial charge in [-0.2, -0.15) is 0 Å². The number of phenols is 1. The molecule has 25 heavy (non-hydrogen) atoms. The first-order valence-electron chi connectivity index (χ1n) is 8.34.